The molecule has 0 radical (unpaired) electrons. The summed E-state index contributed by atoms with van der Waals surface area (Å²) in [6.45, 7) is 4.59. The minimum absolute atomic E-state index is 0.180. The fraction of sp³-hybridized carbons (Fsp3) is 0.562. The second-order valence-corrected chi connectivity index (χ2v) is 5.42. The normalized spacial score (nSPS) is 16.4. The molecule has 1 unspecified atom stereocenters. The Morgan fingerprint density at radius 3 is 2.82 bits per heavy atom. The number of aliphatic hydroxyl groups is 1. The third kappa shape index (κ3) is 4.42. The highest BCUT2D eigenvalue weighted by atomic mass is 19.1. The Bertz CT molecular complexity index is 504. The van der Waals surface area contributed by atoms with Crippen molar-refractivity contribution < 1.29 is 19.0 Å². The first-order chi connectivity index (χ1) is 10.6. The molecule has 1 aliphatic heterocycles. The number of nitrogens with zero attached hydrogens (tertiary/aromatic N) is 1. The van der Waals surface area contributed by atoms with Gasteiger partial charge in [0.05, 0.1) is 25.0 Å². The summed E-state index contributed by atoms with van der Waals surface area (Å²) in [6.07, 6.45) is 0.913. The number of morpholine rings is 1. The van der Waals surface area contributed by atoms with Crippen LogP contribution < -0.4 is 10.2 Å². The number of carbonyl (C=O) groups is 1. The van der Waals surface area contributed by atoms with Crippen molar-refractivity contribution in [2.75, 3.05) is 37.7 Å². The molecule has 2 rings (SSSR count). The van der Waals surface area contributed by atoms with E-state index in [9.17, 15) is 14.3 Å². The lowest BCUT2D eigenvalue weighted by Crippen LogP contribution is -2.37. The van der Waals surface area contributed by atoms with Crippen LogP contribution in [0.15, 0.2) is 18.2 Å². The molecule has 1 aliphatic rings. The van der Waals surface area contributed by atoms with Gasteiger partial charge in [0.25, 0.3) is 5.91 Å². The predicted molar refractivity (Wildman–Crippen MR) is 82.7 cm³/mol. The minimum atomic E-state index is -0.563. The van der Waals surface area contributed by atoms with Crippen molar-refractivity contribution in [3.63, 3.8) is 0 Å². The van der Waals surface area contributed by atoms with E-state index in [1.54, 1.807) is 12.1 Å². The van der Waals surface area contributed by atoms with Gasteiger partial charge in [0, 0.05) is 25.2 Å². The molecule has 5 nitrogen and oxygen atoms in total. The molecule has 22 heavy (non-hydrogen) atoms. The molecule has 1 aromatic rings. The zero-order chi connectivity index (χ0) is 15.9. The molecule has 1 amide bonds. The SMILES string of the molecule is CCCC(O)CNC(=O)c1ccc(N2CCOCC2)c(F)c1. The molecule has 2 N–H and O–H groups in total. The van der Waals surface area contributed by atoms with Crippen LogP contribution >= 0.6 is 0 Å². The molecule has 0 saturated carbocycles. The third-order valence-corrected chi connectivity index (χ3v) is 3.68. The van der Waals surface area contributed by atoms with E-state index in [2.05, 4.69) is 5.32 Å². The van der Waals surface area contributed by atoms with Gasteiger partial charge in [-0.15, -0.1) is 0 Å². The number of halogens is 1. The van der Waals surface area contributed by atoms with E-state index in [0.29, 0.717) is 38.4 Å². The lowest BCUT2D eigenvalue weighted by Gasteiger charge is -2.29. The Hall–Kier alpha value is -1.66. The van der Waals surface area contributed by atoms with E-state index in [0.717, 1.165) is 6.42 Å². The van der Waals surface area contributed by atoms with Gasteiger partial charge in [0.2, 0.25) is 0 Å². The van der Waals surface area contributed by atoms with Gasteiger partial charge >= 0.3 is 0 Å². The van der Waals surface area contributed by atoms with Crippen molar-refractivity contribution in [3.05, 3.63) is 29.6 Å². The fourth-order valence-electron chi connectivity index (χ4n) is 2.46. The van der Waals surface area contributed by atoms with Crippen LogP contribution in [0, 0.1) is 5.82 Å². The molecule has 0 aromatic heterocycles. The van der Waals surface area contributed by atoms with Gasteiger partial charge in [-0.25, -0.2) is 4.39 Å². The van der Waals surface area contributed by atoms with Crippen LogP contribution in [0.25, 0.3) is 0 Å². The summed E-state index contributed by atoms with van der Waals surface area (Å²) in [5.41, 5.74) is 0.754. The van der Waals surface area contributed by atoms with Crippen LogP contribution in [0.5, 0.6) is 0 Å². The number of ether oxygens (including phenoxy) is 1. The van der Waals surface area contributed by atoms with Gasteiger partial charge in [-0.3, -0.25) is 4.79 Å². The smallest absolute Gasteiger partial charge is 0.251 e. The zero-order valence-electron chi connectivity index (χ0n) is 12.8. The predicted octanol–water partition coefficient (Wildman–Crippen LogP) is 1.55. The van der Waals surface area contributed by atoms with Gasteiger partial charge in [0.15, 0.2) is 0 Å². The van der Waals surface area contributed by atoms with Crippen molar-refractivity contribution in [1.82, 2.24) is 5.32 Å². The minimum Gasteiger partial charge on any atom is -0.391 e. The Balaban J connectivity index is 1.97. The number of nitrogens with one attached hydrogen (secondary N) is 1. The second kappa shape index (κ2) is 8.10. The van der Waals surface area contributed by atoms with Crippen LogP contribution in [0.4, 0.5) is 10.1 Å². The number of aliphatic hydroxyl groups excluding tert-OH is 1. The topological polar surface area (TPSA) is 61.8 Å². The Labute approximate surface area is 130 Å². The average molecular weight is 310 g/mol. The highest BCUT2D eigenvalue weighted by Crippen LogP contribution is 2.21. The first kappa shape index (κ1) is 16.7. The van der Waals surface area contributed by atoms with Gasteiger partial charge in [-0.05, 0) is 24.6 Å². The van der Waals surface area contributed by atoms with Gasteiger partial charge in [-0.1, -0.05) is 13.3 Å². The van der Waals surface area contributed by atoms with Crippen LogP contribution in [0.2, 0.25) is 0 Å². The van der Waals surface area contributed by atoms with Gasteiger partial charge < -0.3 is 20.1 Å². The number of rotatable bonds is 6. The largest absolute Gasteiger partial charge is 0.391 e. The summed E-state index contributed by atoms with van der Waals surface area (Å²) in [4.78, 5) is 13.9. The highest BCUT2D eigenvalue weighted by Gasteiger charge is 2.17. The van der Waals surface area contributed by atoms with Crippen LogP contribution in [0.1, 0.15) is 30.1 Å². The van der Waals surface area contributed by atoms with Crippen LogP contribution in [-0.2, 0) is 4.74 Å². The van der Waals surface area contributed by atoms with Crippen LogP contribution in [0.3, 0.4) is 0 Å². The maximum atomic E-state index is 14.2. The Morgan fingerprint density at radius 2 is 2.18 bits per heavy atom. The van der Waals surface area contributed by atoms with Crippen molar-refractivity contribution in [3.8, 4) is 0 Å². The van der Waals surface area contributed by atoms with E-state index in [1.807, 2.05) is 11.8 Å². The molecular formula is C16H23FN2O3. The quantitative estimate of drug-likeness (QED) is 0.837. The molecule has 1 atom stereocenters. The molecule has 1 heterocycles. The average Bonchev–Trinajstić information content (AvgIpc) is 2.53. The number of carbonyl (C=O) groups excluding carboxylic acids is 1. The molecule has 6 heteroatoms. The van der Waals surface area contributed by atoms with E-state index in [1.165, 1.54) is 6.07 Å². The summed E-state index contributed by atoms with van der Waals surface area (Å²) >= 11 is 0. The van der Waals surface area contributed by atoms with Crippen molar-refractivity contribution in [1.29, 1.82) is 0 Å². The first-order valence-electron chi connectivity index (χ1n) is 7.70. The van der Waals surface area contributed by atoms with Crippen molar-refractivity contribution in [2.45, 2.75) is 25.9 Å². The lowest BCUT2D eigenvalue weighted by atomic mass is 10.1. The van der Waals surface area contributed by atoms with Gasteiger partial charge in [-0.2, -0.15) is 0 Å². The third-order valence-electron chi connectivity index (χ3n) is 3.68. The number of amides is 1. The number of anilines is 1. The maximum absolute atomic E-state index is 14.2. The summed E-state index contributed by atoms with van der Waals surface area (Å²) in [7, 11) is 0. The molecule has 0 bridgehead atoms. The fourth-order valence-corrected chi connectivity index (χ4v) is 2.46. The number of hydrogen-bond donors (Lipinski definition) is 2. The second-order valence-electron chi connectivity index (χ2n) is 5.42. The number of benzene rings is 1. The monoisotopic (exact) mass is 310 g/mol. The molecule has 122 valence electrons. The van der Waals surface area contributed by atoms with E-state index < -0.39 is 11.9 Å². The summed E-state index contributed by atoms with van der Waals surface area (Å²) in [6, 6.07) is 4.47. The van der Waals surface area contributed by atoms with E-state index in [-0.39, 0.29) is 18.0 Å². The Morgan fingerprint density at radius 1 is 1.45 bits per heavy atom. The maximum Gasteiger partial charge on any atom is 0.251 e. The standard InChI is InChI=1S/C16H23FN2O3/c1-2-3-13(20)11-18-16(21)12-4-5-15(14(17)10-12)19-6-8-22-9-7-19/h4-5,10,13,20H,2-3,6-9,11H2,1H3,(H,18,21). The number of hydrogen-bond acceptors (Lipinski definition) is 4. The molecule has 1 aromatic carbocycles. The first-order valence-corrected chi connectivity index (χ1v) is 7.70. The Kier molecular flexibility index (Phi) is 6.15. The summed E-state index contributed by atoms with van der Waals surface area (Å²) in [5, 5.41) is 12.2. The molecule has 0 spiro atoms. The van der Waals surface area contributed by atoms with Crippen molar-refractivity contribution >= 4 is 11.6 Å². The zero-order valence-corrected chi connectivity index (χ0v) is 12.8. The highest BCUT2D eigenvalue weighted by molar-refractivity contribution is 5.94. The van der Waals surface area contributed by atoms with Crippen molar-refractivity contribution in [2.24, 2.45) is 0 Å². The summed E-state index contributed by atoms with van der Waals surface area (Å²) in [5.74, 6) is -0.786. The van der Waals surface area contributed by atoms with Gasteiger partial charge in [0.1, 0.15) is 5.82 Å². The van der Waals surface area contributed by atoms with E-state index >= 15 is 0 Å². The molecule has 1 fully saturated rings. The molecular weight excluding hydrogens is 287 g/mol. The molecule has 1 saturated heterocycles. The van der Waals surface area contributed by atoms with Crippen LogP contribution in [-0.4, -0.2) is 50.0 Å². The molecule has 0 aliphatic carbocycles. The summed E-state index contributed by atoms with van der Waals surface area (Å²) < 4.78 is 19.4. The lowest BCUT2D eigenvalue weighted by molar-refractivity contribution is 0.0909. The van der Waals surface area contributed by atoms with E-state index in [4.69, 9.17) is 4.74 Å².